The second-order valence-electron chi connectivity index (χ2n) is 3.56. The molecule has 0 aliphatic rings. The summed E-state index contributed by atoms with van der Waals surface area (Å²) in [6.07, 6.45) is 1.63. The molecule has 0 amide bonds. The van der Waals surface area contributed by atoms with Crippen LogP contribution in [0.25, 0.3) is 22.4 Å². The summed E-state index contributed by atoms with van der Waals surface area (Å²) in [5.74, 6) is 6.33. The minimum absolute atomic E-state index is 0.364. The molecule has 0 atom stereocenters. The topological polar surface area (TPSA) is 77.0 Å². The van der Waals surface area contributed by atoms with Gasteiger partial charge in [-0.3, -0.25) is 5.43 Å². The number of nitrogens with two attached hydrogens (primary N) is 1. The molecule has 5 heteroatoms. The molecule has 0 unspecified atom stereocenters. The molecule has 17 heavy (non-hydrogen) atoms. The van der Waals surface area contributed by atoms with Crippen LogP contribution in [0, 0.1) is 0 Å². The molecule has 0 spiro atoms. The number of hydrazine groups is 1. The molecule has 0 saturated carbocycles. The number of benzene rings is 1. The zero-order valence-corrected chi connectivity index (χ0v) is 8.92. The fraction of sp³-hybridized carbons (Fsp3) is 0. The van der Waals surface area contributed by atoms with E-state index in [1.54, 1.807) is 12.3 Å². The van der Waals surface area contributed by atoms with Gasteiger partial charge in [0.2, 0.25) is 5.95 Å². The third-order valence-electron chi connectivity index (χ3n) is 2.46. The minimum Gasteiger partial charge on any atom is -0.454 e. The Labute approximate surface area is 97.3 Å². The van der Waals surface area contributed by atoms with E-state index < -0.39 is 0 Å². The predicted octanol–water partition coefficient (Wildman–Crippen LogP) is 2.18. The summed E-state index contributed by atoms with van der Waals surface area (Å²) in [6, 6.07) is 11.5. The number of nitrogen functional groups attached to an aromatic ring is 1. The van der Waals surface area contributed by atoms with Crippen LogP contribution in [0.15, 0.2) is 47.0 Å². The monoisotopic (exact) mass is 226 g/mol. The van der Waals surface area contributed by atoms with Gasteiger partial charge in [-0.15, -0.1) is 0 Å². The fourth-order valence-electron chi connectivity index (χ4n) is 1.67. The van der Waals surface area contributed by atoms with Gasteiger partial charge in [-0.05, 0) is 18.2 Å². The van der Waals surface area contributed by atoms with Crippen molar-refractivity contribution in [3.63, 3.8) is 0 Å². The van der Waals surface area contributed by atoms with Crippen LogP contribution in [0.2, 0.25) is 0 Å². The van der Waals surface area contributed by atoms with Crippen LogP contribution < -0.4 is 11.3 Å². The van der Waals surface area contributed by atoms with Gasteiger partial charge in [0.25, 0.3) is 0 Å². The quantitative estimate of drug-likeness (QED) is 0.517. The number of aromatic nitrogens is 2. The lowest BCUT2D eigenvalue weighted by molar-refractivity contribution is 0.628. The van der Waals surface area contributed by atoms with Crippen molar-refractivity contribution in [3.8, 4) is 11.5 Å². The van der Waals surface area contributed by atoms with Gasteiger partial charge in [0.15, 0.2) is 5.76 Å². The highest BCUT2D eigenvalue weighted by atomic mass is 16.3. The molecule has 1 aromatic carbocycles. The van der Waals surface area contributed by atoms with Crippen LogP contribution in [0.4, 0.5) is 5.95 Å². The molecule has 0 radical (unpaired) electrons. The molecule has 0 saturated heterocycles. The third kappa shape index (κ3) is 1.72. The smallest absolute Gasteiger partial charge is 0.237 e. The molecule has 3 aromatic rings. The lowest BCUT2D eigenvalue weighted by atomic mass is 10.2. The first-order chi connectivity index (χ1) is 8.36. The molecule has 84 valence electrons. The normalized spacial score (nSPS) is 10.6. The Morgan fingerprint density at radius 2 is 2.06 bits per heavy atom. The van der Waals surface area contributed by atoms with E-state index in [0.717, 1.165) is 11.0 Å². The van der Waals surface area contributed by atoms with Crippen molar-refractivity contribution >= 4 is 16.9 Å². The maximum absolute atomic E-state index is 5.69. The number of hydrogen-bond donors (Lipinski definition) is 2. The molecule has 0 bridgehead atoms. The van der Waals surface area contributed by atoms with E-state index >= 15 is 0 Å². The van der Waals surface area contributed by atoms with Gasteiger partial charge in [0.05, 0.1) is 0 Å². The maximum atomic E-state index is 5.69. The van der Waals surface area contributed by atoms with Crippen molar-refractivity contribution in [1.82, 2.24) is 9.97 Å². The molecule has 3 rings (SSSR count). The van der Waals surface area contributed by atoms with Crippen molar-refractivity contribution in [1.29, 1.82) is 0 Å². The first kappa shape index (κ1) is 9.80. The number of fused-ring (bicyclic) bond motifs is 1. The van der Waals surface area contributed by atoms with Gasteiger partial charge < -0.3 is 4.42 Å². The Balaban J connectivity index is 2.13. The molecule has 2 heterocycles. The SMILES string of the molecule is NNc1nccc(-c2cc3ccccc3o2)n1. The summed E-state index contributed by atoms with van der Waals surface area (Å²) in [5, 5.41) is 1.04. The summed E-state index contributed by atoms with van der Waals surface area (Å²) < 4.78 is 5.69. The lowest BCUT2D eigenvalue weighted by Crippen LogP contribution is -2.10. The fourth-order valence-corrected chi connectivity index (χ4v) is 1.67. The standard InChI is InChI=1S/C12H10N4O/c13-16-12-14-6-5-9(15-12)11-7-8-3-1-2-4-10(8)17-11/h1-7H,13H2,(H,14,15,16). The van der Waals surface area contributed by atoms with Crippen LogP contribution in [-0.2, 0) is 0 Å². The zero-order valence-electron chi connectivity index (χ0n) is 8.92. The zero-order chi connectivity index (χ0) is 11.7. The predicted molar refractivity (Wildman–Crippen MR) is 65.1 cm³/mol. The van der Waals surface area contributed by atoms with E-state index in [2.05, 4.69) is 15.4 Å². The minimum atomic E-state index is 0.364. The molecular formula is C12H10N4O. The molecule has 0 fully saturated rings. The van der Waals surface area contributed by atoms with Gasteiger partial charge in [0.1, 0.15) is 11.3 Å². The Morgan fingerprint density at radius 3 is 2.88 bits per heavy atom. The van der Waals surface area contributed by atoms with E-state index in [1.807, 2.05) is 30.3 Å². The number of para-hydroxylation sites is 1. The highest BCUT2D eigenvalue weighted by molar-refractivity contribution is 5.82. The van der Waals surface area contributed by atoms with E-state index in [-0.39, 0.29) is 0 Å². The van der Waals surface area contributed by atoms with Gasteiger partial charge in [-0.1, -0.05) is 18.2 Å². The Morgan fingerprint density at radius 1 is 1.18 bits per heavy atom. The highest BCUT2D eigenvalue weighted by Crippen LogP contribution is 2.26. The Kier molecular flexibility index (Phi) is 2.23. The van der Waals surface area contributed by atoms with Crippen molar-refractivity contribution in [2.45, 2.75) is 0 Å². The van der Waals surface area contributed by atoms with Gasteiger partial charge in [-0.25, -0.2) is 15.8 Å². The van der Waals surface area contributed by atoms with E-state index in [4.69, 9.17) is 10.3 Å². The van der Waals surface area contributed by atoms with Crippen molar-refractivity contribution in [3.05, 3.63) is 42.6 Å². The van der Waals surface area contributed by atoms with E-state index in [0.29, 0.717) is 17.4 Å². The van der Waals surface area contributed by atoms with Crippen LogP contribution in [-0.4, -0.2) is 9.97 Å². The summed E-state index contributed by atoms with van der Waals surface area (Å²) in [4.78, 5) is 8.16. The van der Waals surface area contributed by atoms with Crippen molar-refractivity contribution in [2.75, 3.05) is 5.43 Å². The van der Waals surface area contributed by atoms with Gasteiger partial charge in [-0.2, -0.15) is 0 Å². The van der Waals surface area contributed by atoms with E-state index in [1.165, 1.54) is 0 Å². The summed E-state index contributed by atoms with van der Waals surface area (Å²) in [7, 11) is 0. The first-order valence-corrected chi connectivity index (χ1v) is 5.15. The Bertz CT molecular complexity index is 629. The summed E-state index contributed by atoms with van der Waals surface area (Å²) in [6.45, 7) is 0. The first-order valence-electron chi connectivity index (χ1n) is 5.15. The number of nitrogens with one attached hydrogen (secondary N) is 1. The van der Waals surface area contributed by atoms with Crippen molar-refractivity contribution < 1.29 is 4.42 Å². The van der Waals surface area contributed by atoms with Gasteiger partial charge >= 0.3 is 0 Å². The van der Waals surface area contributed by atoms with Crippen LogP contribution in [0.3, 0.4) is 0 Å². The molecule has 2 aromatic heterocycles. The third-order valence-corrected chi connectivity index (χ3v) is 2.46. The molecule has 3 N–H and O–H groups in total. The van der Waals surface area contributed by atoms with Gasteiger partial charge in [0, 0.05) is 11.6 Å². The van der Waals surface area contributed by atoms with Crippen LogP contribution in [0.1, 0.15) is 0 Å². The summed E-state index contributed by atoms with van der Waals surface area (Å²) >= 11 is 0. The van der Waals surface area contributed by atoms with Crippen LogP contribution >= 0.6 is 0 Å². The highest BCUT2D eigenvalue weighted by Gasteiger charge is 2.07. The molecule has 0 aliphatic heterocycles. The molecule has 5 nitrogen and oxygen atoms in total. The number of hydrogen-bond acceptors (Lipinski definition) is 5. The molecular weight excluding hydrogens is 216 g/mol. The summed E-state index contributed by atoms with van der Waals surface area (Å²) in [5.41, 5.74) is 3.94. The van der Waals surface area contributed by atoms with Crippen molar-refractivity contribution in [2.24, 2.45) is 5.84 Å². The largest absolute Gasteiger partial charge is 0.454 e. The average Bonchev–Trinajstić information content (AvgIpc) is 2.82. The Hall–Kier alpha value is -2.40. The second-order valence-corrected chi connectivity index (χ2v) is 3.56. The molecule has 0 aliphatic carbocycles. The number of nitrogens with zero attached hydrogens (tertiary/aromatic N) is 2. The number of furan rings is 1. The second kappa shape index (κ2) is 3.88. The maximum Gasteiger partial charge on any atom is 0.237 e. The van der Waals surface area contributed by atoms with Crippen LogP contribution in [0.5, 0.6) is 0 Å². The number of anilines is 1. The average molecular weight is 226 g/mol. The number of rotatable bonds is 2. The van der Waals surface area contributed by atoms with E-state index in [9.17, 15) is 0 Å². The lowest BCUT2D eigenvalue weighted by Gasteiger charge is -1.99.